The fourth-order valence-electron chi connectivity index (χ4n) is 1.09. The minimum atomic E-state index is 0.204. The van der Waals surface area contributed by atoms with E-state index in [0.29, 0.717) is 13.0 Å². The summed E-state index contributed by atoms with van der Waals surface area (Å²) >= 11 is 0. The Hall–Kier alpha value is -1.09. The molecule has 1 rings (SSSR count). The van der Waals surface area contributed by atoms with Crippen molar-refractivity contribution in [3.8, 4) is 0 Å². The lowest BCUT2D eigenvalue weighted by Crippen LogP contribution is -2.24. The van der Waals surface area contributed by atoms with Gasteiger partial charge in [0.15, 0.2) is 5.78 Å². The first-order chi connectivity index (χ1) is 6.33. The molecule has 0 atom stereocenters. The summed E-state index contributed by atoms with van der Waals surface area (Å²) in [6, 6.07) is 1.82. The maximum Gasteiger partial charge on any atom is 0.151 e. The highest BCUT2D eigenvalue weighted by molar-refractivity contribution is 5.82. The monoisotopic (exact) mass is 181 g/mol. The Morgan fingerprint density at radius 1 is 1.62 bits per heavy atom. The summed E-state index contributed by atoms with van der Waals surface area (Å²) in [5, 5.41) is 3.07. The fraction of sp³-hybridized carbons (Fsp3) is 0.500. The van der Waals surface area contributed by atoms with Gasteiger partial charge in [0.2, 0.25) is 0 Å². The van der Waals surface area contributed by atoms with Crippen molar-refractivity contribution in [3.63, 3.8) is 0 Å². The molecule has 0 aliphatic carbocycles. The maximum absolute atomic E-state index is 11.3. The molecule has 1 aromatic heterocycles. The zero-order chi connectivity index (χ0) is 9.52. The van der Waals surface area contributed by atoms with Crippen LogP contribution in [0.15, 0.2) is 23.0 Å². The number of ketones is 1. The van der Waals surface area contributed by atoms with Gasteiger partial charge in [-0.05, 0) is 24.6 Å². The third-order valence-corrected chi connectivity index (χ3v) is 1.73. The molecule has 1 heterocycles. The summed E-state index contributed by atoms with van der Waals surface area (Å²) in [5.74, 6) is 0.204. The van der Waals surface area contributed by atoms with Crippen LogP contribution < -0.4 is 5.32 Å². The van der Waals surface area contributed by atoms with Crippen molar-refractivity contribution >= 4 is 5.78 Å². The van der Waals surface area contributed by atoms with E-state index in [-0.39, 0.29) is 5.78 Å². The molecule has 3 nitrogen and oxygen atoms in total. The molecule has 0 unspecified atom stereocenters. The van der Waals surface area contributed by atoms with E-state index in [1.54, 1.807) is 12.5 Å². The Kier molecular flexibility index (Phi) is 4.26. The molecule has 0 bridgehead atoms. The summed E-state index contributed by atoms with van der Waals surface area (Å²) in [4.78, 5) is 11.3. The van der Waals surface area contributed by atoms with E-state index in [9.17, 15) is 4.79 Å². The Labute approximate surface area is 78.1 Å². The number of carbonyl (C=O) groups excluding carboxylic acids is 1. The predicted molar refractivity (Wildman–Crippen MR) is 50.6 cm³/mol. The number of Topliss-reactive ketones (excluding diaryl/α,β-unsaturated/α-hetero) is 1. The van der Waals surface area contributed by atoms with Gasteiger partial charge in [-0.25, -0.2) is 0 Å². The average Bonchev–Trinajstić information content (AvgIpc) is 2.57. The molecule has 0 saturated carbocycles. The number of hydrogen-bond donors (Lipinski definition) is 1. The van der Waals surface area contributed by atoms with E-state index < -0.39 is 0 Å². The fourth-order valence-corrected chi connectivity index (χ4v) is 1.09. The van der Waals surface area contributed by atoms with E-state index in [2.05, 4.69) is 12.2 Å². The van der Waals surface area contributed by atoms with Crippen LogP contribution in [0, 0.1) is 0 Å². The second kappa shape index (κ2) is 5.54. The number of furan rings is 1. The van der Waals surface area contributed by atoms with Crippen LogP contribution in [0.1, 0.15) is 18.9 Å². The van der Waals surface area contributed by atoms with Crippen molar-refractivity contribution in [1.82, 2.24) is 5.32 Å². The molecule has 1 aromatic rings. The molecule has 0 saturated heterocycles. The minimum absolute atomic E-state index is 0.204. The van der Waals surface area contributed by atoms with Gasteiger partial charge in [0.1, 0.15) is 0 Å². The molecule has 0 aromatic carbocycles. The Morgan fingerprint density at radius 3 is 3.08 bits per heavy atom. The quantitative estimate of drug-likeness (QED) is 0.674. The van der Waals surface area contributed by atoms with Crippen molar-refractivity contribution in [1.29, 1.82) is 0 Å². The van der Waals surface area contributed by atoms with Crippen LogP contribution >= 0.6 is 0 Å². The summed E-state index contributed by atoms with van der Waals surface area (Å²) in [6.07, 6.45) is 4.71. The zero-order valence-electron chi connectivity index (χ0n) is 7.88. The Balaban J connectivity index is 2.18. The molecule has 0 amide bonds. The molecule has 72 valence electrons. The average molecular weight is 181 g/mol. The predicted octanol–water partition coefficient (Wildman–Crippen LogP) is 1.39. The summed E-state index contributed by atoms with van der Waals surface area (Å²) in [6.45, 7) is 3.43. The van der Waals surface area contributed by atoms with Gasteiger partial charge in [0, 0.05) is 6.42 Å². The first-order valence-electron chi connectivity index (χ1n) is 4.56. The molecule has 13 heavy (non-hydrogen) atoms. The number of rotatable bonds is 6. The molecule has 0 spiro atoms. The highest BCUT2D eigenvalue weighted by Crippen LogP contribution is 2.00. The van der Waals surface area contributed by atoms with Gasteiger partial charge >= 0.3 is 0 Å². The van der Waals surface area contributed by atoms with Crippen molar-refractivity contribution in [2.75, 3.05) is 13.1 Å². The van der Waals surface area contributed by atoms with Crippen LogP contribution in [0.4, 0.5) is 0 Å². The first kappa shape index (κ1) is 9.99. The third-order valence-electron chi connectivity index (χ3n) is 1.73. The normalized spacial score (nSPS) is 10.2. The lowest BCUT2D eigenvalue weighted by molar-refractivity contribution is -0.117. The van der Waals surface area contributed by atoms with E-state index >= 15 is 0 Å². The molecule has 1 N–H and O–H groups in total. The van der Waals surface area contributed by atoms with Gasteiger partial charge in [-0.3, -0.25) is 4.79 Å². The van der Waals surface area contributed by atoms with Crippen LogP contribution in [0.3, 0.4) is 0 Å². The van der Waals surface area contributed by atoms with Gasteiger partial charge in [-0.1, -0.05) is 6.92 Å². The third kappa shape index (κ3) is 3.90. The highest BCUT2D eigenvalue weighted by Gasteiger charge is 2.03. The number of hydrogen-bond acceptors (Lipinski definition) is 3. The van der Waals surface area contributed by atoms with Crippen LogP contribution in [0.5, 0.6) is 0 Å². The van der Waals surface area contributed by atoms with Gasteiger partial charge in [-0.2, -0.15) is 0 Å². The SMILES string of the molecule is CCCNCC(=O)Cc1ccoc1. The molecule has 0 radical (unpaired) electrons. The van der Waals surface area contributed by atoms with Crippen molar-refractivity contribution < 1.29 is 9.21 Å². The molecule has 0 aliphatic rings. The largest absolute Gasteiger partial charge is 0.472 e. The van der Waals surface area contributed by atoms with Crippen LogP contribution in [0.2, 0.25) is 0 Å². The molecular formula is C10H15NO2. The van der Waals surface area contributed by atoms with Crippen LogP contribution in [0.25, 0.3) is 0 Å². The number of nitrogens with one attached hydrogen (secondary N) is 1. The van der Waals surface area contributed by atoms with E-state index in [4.69, 9.17) is 4.42 Å². The maximum atomic E-state index is 11.3. The topological polar surface area (TPSA) is 42.2 Å². The van der Waals surface area contributed by atoms with Crippen molar-refractivity contribution in [2.45, 2.75) is 19.8 Å². The number of carbonyl (C=O) groups is 1. The second-order valence-electron chi connectivity index (χ2n) is 3.02. The van der Waals surface area contributed by atoms with E-state index in [1.165, 1.54) is 0 Å². The molecular weight excluding hydrogens is 166 g/mol. The molecule has 0 aliphatic heterocycles. The zero-order valence-corrected chi connectivity index (χ0v) is 7.88. The van der Waals surface area contributed by atoms with Crippen LogP contribution in [-0.4, -0.2) is 18.9 Å². The second-order valence-corrected chi connectivity index (χ2v) is 3.02. The van der Waals surface area contributed by atoms with Crippen molar-refractivity contribution in [2.24, 2.45) is 0 Å². The smallest absolute Gasteiger partial charge is 0.151 e. The summed E-state index contributed by atoms with van der Waals surface area (Å²) in [5.41, 5.74) is 0.947. The lowest BCUT2D eigenvalue weighted by atomic mass is 10.2. The Morgan fingerprint density at radius 2 is 2.46 bits per heavy atom. The van der Waals surface area contributed by atoms with Gasteiger partial charge < -0.3 is 9.73 Å². The van der Waals surface area contributed by atoms with Gasteiger partial charge in [-0.15, -0.1) is 0 Å². The van der Waals surface area contributed by atoms with E-state index in [1.807, 2.05) is 6.07 Å². The molecule has 0 fully saturated rings. The first-order valence-corrected chi connectivity index (χ1v) is 4.56. The summed E-state index contributed by atoms with van der Waals surface area (Å²) in [7, 11) is 0. The van der Waals surface area contributed by atoms with Gasteiger partial charge in [0.25, 0.3) is 0 Å². The van der Waals surface area contributed by atoms with E-state index in [0.717, 1.165) is 18.5 Å². The van der Waals surface area contributed by atoms with Crippen LogP contribution in [-0.2, 0) is 11.2 Å². The van der Waals surface area contributed by atoms with Crippen molar-refractivity contribution in [3.05, 3.63) is 24.2 Å². The Bertz CT molecular complexity index is 241. The summed E-state index contributed by atoms with van der Waals surface area (Å²) < 4.78 is 4.87. The lowest BCUT2D eigenvalue weighted by Gasteiger charge is -2.00. The standard InChI is InChI=1S/C10H15NO2/c1-2-4-11-7-10(12)6-9-3-5-13-8-9/h3,5,8,11H,2,4,6-7H2,1H3. The molecule has 3 heteroatoms. The van der Waals surface area contributed by atoms with Gasteiger partial charge in [0.05, 0.1) is 19.1 Å². The highest BCUT2D eigenvalue weighted by atomic mass is 16.3. The minimum Gasteiger partial charge on any atom is -0.472 e.